The standard InChI is InChI=1S/C21H28N4O2S/c1-28-15-19-22-16-8-2-3-9-17(16)25(19)14-20(26)24-13-5-4-10-18(24)21(27)23-11-6-7-12-23/h2-3,8-9,18H,4-7,10-15H2,1H3. The summed E-state index contributed by atoms with van der Waals surface area (Å²) in [6, 6.07) is 7.66. The number of hydrogen-bond donors (Lipinski definition) is 0. The maximum absolute atomic E-state index is 13.3. The molecule has 2 aromatic rings. The molecule has 1 atom stereocenters. The van der Waals surface area contributed by atoms with Gasteiger partial charge in [-0.3, -0.25) is 9.59 Å². The summed E-state index contributed by atoms with van der Waals surface area (Å²) in [5.74, 6) is 1.85. The zero-order valence-corrected chi connectivity index (χ0v) is 17.3. The van der Waals surface area contributed by atoms with Crippen LogP contribution in [0.2, 0.25) is 0 Å². The summed E-state index contributed by atoms with van der Waals surface area (Å²) in [4.78, 5) is 34.8. The van der Waals surface area contributed by atoms with E-state index in [1.54, 1.807) is 11.8 Å². The molecule has 0 aliphatic carbocycles. The highest BCUT2D eigenvalue weighted by molar-refractivity contribution is 7.97. The fourth-order valence-corrected chi connectivity index (χ4v) is 4.88. The molecule has 28 heavy (non-hydrogen) atoms. The van der Waals surface area contributed by atoms with E-state index in [0.29, 0.717) is 6.54 Å². The fraction of sp³-hybridized carbons (Fsp3) is 0.571. The molecule has 1 aromatic carbocycles. The summed E-state index contributed by atoms with van der Waals surface area (Å²) < 4.78 is 2.03. The monoisotopic (exact) mass is 400 g/mol. The quantitative estimate of drug-likeness (QED) is 0.774. The van der Waals surface area contributed by atoms with E-state index in [-0.39, 0.29) is 24.4 Å². The van der Waals surface area contributed by atoms with Gasteiger partial charge in [0.25, 0.3) is 0 Å². The molecule has 0 bridgehead atoms. The Bertz CT molecular complexity index is 859. The Morgan fingerprint density at radius 3 is 2.64 bits per heavy atom. The maximum Gasteiger partial charge on any atom is 0.245 e. The van der Waals surface area contributed by atoms with E-state index in [1.165, 1.54) is 0 Å². The normalized spacial score (nSPS) is 20.1. The van der Waals surface area contributed by atoms with Crippen LogP contribution < -0.4 is 0 Å². The van der Waals surface area contributed by atoms with Crippen molar-refractivity contribution in [1.82, 2.24) is 19.4 Å². The molecule has 0 radical (unpaired) electrons. The molecule has 4 rings (SSSR count). The minimum Gasteiger partial charge on any atom is -0.341 e. The van der Waals surface area contributed by atoms with Crippen molar-refractivity contribution >= 4 is 34.6 Å². The number of piperidine rings is 1. The molecule has 2 amide bonds. The first kappa shape index (κ1) is 19.3. The van der Waals surface area contributed by atoms with Crippen LogP contribution in [-0.4, -0.2) is 63.1 Å². The SMILES string of the molecule is CSCc1nc2ccccc2n1CC(=O)N1CCCCC1C(=O)N1CCCC1. The minimum atomic E-state index is -0.293. The van der Waals surface area contributed by atoms with Crippen molar-refractivity contribution < 1.29 is 9.59 Å². The van der Waals surface area contributed by atoms with Crippen LogP contribution in [0.15, 0.2) is 24.3 Å². The van der Waals surface area contributed by atoms with Crippen LogP contribution in [-0.2, 0) is 21.9 Å². The molecule has 150 valence electrons. The number of para-hydroxylation sites is 2. The fourth-order valence-electron chi connectivity index (χ4n) is 4.40. The first-order valence-corrected chi connectivity index (χ1v) is 11.6. The van der Waals surface area contributed by atoms with Gasteiger partial charge in [0.05, 0.1) is 16.8 Å². The Morgan fingerprint density at radius 2 is 1.86 bits per heavy atom. The number of nitrogens with zero attached hydrogens (tertiary/aromatic N) is 4. The zero-order chi connectivity index (χ0) is 19.5. The highest BCUT2D eigenvalue weighted by Crippen LogP contribution is 2.24. The lowest BCUT2D eigenvalue weighted by Crippen LogP contribution is -2.53. The van der Waals surface area contributed by atoms with Crippen LogP contribution in [0.3, 0.4) is 0 Å². The number of carbonyl (C=O) groups excluding carboxylic acids is 2. The van der Waals surface area contributed by atoms with Crippen LogP contribution in [0.4, 0.5) is 0 Å². The van der Waals surface area contributed by atoms with Gasteiger partial charge in [0.1, 0.15) is 18.4 Å². The van der Waals surface area contributed by atoms with Crippen LogP contribution >= 0.6 is 11.8 Å². The summed E-state index contributed by atoms with van der Waals surface area (Å²) in [5, 5.41) is 0. The maximum atomic E-state index is 13.3. The average Bonchev–Trinajstić information content (AvgIpc) is 3.37. The van der Waals surface area contributed by atoms with E-state index in [9.17, 15) is 9.59 Å². The van der Waals surface area contributed by atoms with Gasteiger partial charge in [0.2, 0.25) is 11.8 Å². The number of aromatic nitrogens is 2. The van der Waals surface area contributed by atoms with E-state index >= 15 is 0 Å². The van der Waals surface area contributed by atoms with Crippen LogP contribution in [0.25, 0.3) is 11.0 Å². The Labute approximate surface area is 170 Å². The van der Waals surface area contributed by atoms with E-state index in [0.717, 1.165) is 67.8 Å². The molecule has 2 saturated heterocycles. The number of benzene rings is 1. The van der Waals surface area contributed by atoms with Crippen LogP contribution in [0.1, 0.15) is 37.9 Å². The molecule has 2 aliphatic rings. The number of hydrogen-bond acceptors (Lipinski definition) is 4. The van der Waals surface area contributed by atoms with Crippen LogP contribution in [0, 0.1) is 0 Å². The molecule has 0 saturated carbocycles. The lowest BCUT2D eigenvalue weighted by atomic mass is 10.0. The second-order valence-electron chi connectivity index (χ2n) is 7.67. The Balaban J connectivity index is 1.57. The number of amides is 2. The second kappa shape index (κ2) is 8.55. The number of rotatable bonds is 5. The summed E-state index contributed by atoms with van der Waals surface area (Å²) >= 11 is 1.70. The Morgan fingerprint density at radius 1 is 1.11 bits per heavy atom. The molecule has 2 aliphatic heterocycles. The number of thioether (sulfide) groups is 1. The van der Waals surface area contributed by atoms with E-state index in [4.69, 9.17) is 4.98 Å². The molecule has 3 heterocycles. The van der Waals surface area contributed by atoms with Gasteiger partial charge in [0, 0.05) is 19.6 Å². The number of imidazole rings is 1. The molecule has 0 spiro atoms. The van der Waals surface area contributed by atoms with Crippen molar-refractivity contribution in [3.05, 3.63) is 30.1 Å². The van der Waals surface area contributed by atoms with Crippen molar-refractivity contribution in [3.63, 3.8) is 0 Å². The Hall–Kier alpha value is -2.02. The van der Waals surface area contributed by atoms with Crippen molar-refractivity contribution in [3.8, 4) is 0 Å². The molecule has 2 fully saturated rings. The number of fused-ring (bicyclic) bond motifs is 1. The third kappa shape index (κ3) is 3.77. The highest BCUT2D eigenvalue weighted by atomic mass is 32.2. The second-order valence-corrected chi connectivity index (χ2v) is 8.53. The smallest absolute Gasteiger partial charge is 0.245 e. The van der Waals surface area contributed by atoms with Gasteiger partial charge in [0.15, 0.2) is 0 Å². The molecular weight excluding hydrogens is 372 g/mol. The number of likely N-dealkylation sites (tertiary alicyclic amines) is 2. The van der Waals surface area contributed by atoms with Gasteiger partial charge in [-0.15, -0.1) is 0 Å². The third-order valence-electron chi connectivity index (χ3n) is 5.83. The first-order valence-electron chi connectivity index (χ1n) is 10.2. The molecule has 6 nitrogen and oxygen atoms in total. The largest absolute Gasteiger partial charge is 0.341 e. The van der Waals surface area contributed by atoms with Gasteiger partial charge in [-0.25, -0.2) is 4.98 Å². The lowest BCUT2D eigenvalue weighted by molar-refractivity contribution is -0.147. The van der Waals surface area contributed by atoms with Crippen LogP contribution in [0.5, 0.6) is 0 Å². The van der Waals surface area contributed by atoms with Crippen molar-refractivity contribution in [2.24, 2.45) is 0 Å². The lowest BCUT2D eigenvalue weighted by Gasteiger charge is -2.37. The average molecular weight is 401 g/mol. The van der Waals surface area contributed by atoms with Gasteiger partial charge >= 0.3 is 0 Å². The predicted octanol–water partition coefficient (Wildman–Crippen LogP) is 2.90. The molecular formula is C21H28N4O2S. The van der Waals surface area contributed by atoms with E-state index < -0.39 is 0 Å². The predicted molar refractivity (Wildman–Crippen MR) is 112 cm³/mol. The van der Waals surface area contributed by atoms with Crippen molar-refractivity contribution in [2.45, 2.75) is 50.4 Å². The van der Waals surface area contributed by atoms with E-state index in [2.05, 4.69) is 0 Å². The number of carbonyl (C=O) groups is 2. The van der Waals surface area contributed by atoms with Gasteiger partial charge in [-0.2, -0.15) is 11.8 Å². The molecule has 1 aromatic heterocycles. The topological polar surface area (TPSA) is 58.4 Å². The van der Waals surface area contributed by atoms with E-state index in [1.807, 2.05) is 44.9 Å². The molecule has 1 unspecified atom stereocenters. The first-order chi connectivity index (χ1) is 13.7. The minimum absolute atomic E-state index is 0.0303. The van der Waals surface area contributed by atoms with Crippen molar-refractivity contribution in [1.29, 1.82) is 0 Å². The summed E-state index contributed by atoms with van der Waals surface area (Å²) in [5.41, 5.74) is 1.90. The summed E-state index contributed by atoms with van der Waals surface area (Å²) in [7, 11) is 0. The summed E-state index contributed by atoms with van der Waals surface area (Å²) in [6.07, 6.45) is 6.96. The van der Waals surface area contributed by atoms with Gasteiger partial charge in [-0.05, 0) is 50.5 Å². The zero-order valence-electron chi connectivity index (χ0n) is 16.5. The Kier molecular flexibility index (Phi) is 5.90. The highest BCUT2D eigenvalue weighted by Gasteiger charge is 2.35. The summed E-state index contributed by atoms with van der Waals surface area (Å²) in [6.45, 7) is 2.59. The van der Waals surface area contributed by atoms with Gasteiger partial charge < -0.3 is 14.4 Å². The third-order valence-corrected chi connectivity index (χ3v) is 6.37. The molecule has 0 N–H and O–H groups in total. The van der Waals surface area contributed by atoms with Gasteiger partial charge in [-0.1, -0.05) is 12.1 Å². The molecule has 7 heteroatoms. The van der Waals surface area contributed by atoms with Crippen molar-refractivity contribution in [2.75, 3.05) is 25.9 Å².